The van der Waals surface area contributed by atoms with Crippen LogP contribution in [0.15, 0.2) is 77.7 Å². The van der Waals surface area contributed by atoms with E-state index in [2.05, 4.69) is 19.2 Å². The van der Waals surface area contributed by atoms with Gasteiger partial charge >= 0.3 is 0 Å². The first-order valence-electron chi connectivity index (χ1n) is 11.5. The van der Waals surface area contributed by atoms with Gasteiger partial charge in [0.05, 0.1) is 35.9 Å². The molecule has 0 radical (unpaired) electrons. The van der Waals surface area contributed by atoms with Crippen molar-refractivity contribution in [2.45, 2.75) is 31.2 Å². The lowest BCUT2D eigenvalue weighted by Gasteiger charge is -2.27. The number of carbonyl (C=O) groups is 1. The lowest BCUT2D eigenvalue weighted by atomic mass is 9.97. The summed E-state index contributed by atoms with van der Waals surface area (Å²) in [6, 6.07) is 19.7. The van der Waals surface area contributed by atoms with E-state index in [0.29, 0.717) is 23.8 Å². The maximum atomic E-state index is 13.6. The van der Waals surface area contributed by atoms with E-state index in [1.165, 1.54) is 25.3 Å². The van der Waals surface area contributed by atoms with Crippen LogP contribution in [0.5, 0.6) is 11.5 Å². The Balaban J connectivity index is 1.94. The summed E-state index contributed by atoms with van der Waals surface area (Å²) >= 11 is 6.30. The minimum absolute atomic E-state index is 0.0682. The van der Waals surface area contributed by atoms with Gasteiger partial charge in [-0.25, -0.2) is 8.42 Å². The summed E-state index contributed by atoms with van der Waals surface area (Å²) in [4.78, 5) is 13.4. The van der Waals surface area contributed by atoms with Crippen LogP contribution in [0.4, 0.5) is 5.69 Å². The molecule has 0 heterocycles. The first-order valence-corrected chi connectivity index (χ1v) is 13.3. The maximum absolute atomic E-state index is 13.6. The standard InChI is InChI=1S/C27H31ClN2O5S/c1-19(2)16-25(20-10-13-22(34-3)14-11-20)29-27(31)18-30(21-12-15-26(35-4)24(28)17-21)36(32,33)23-8-6-5-7-9-23/h5-15,17,19,25H,16,18H2,1-4H3,(H,29,31). The molecule has 0 bridgehead atoms. The van der Waals surface area contributed by atoms with Gasteiger partial charge in [0, 0.05) is 0 Å². The Labute approximate surface area is 218 Å². The number of amides is 1. The van der Waals surface area contributed by atoms with Crippen molar-refractivity contribution in [3.63, 3.8) is 0 Å². The number of methoxy groups -OCH3 is 2. The van der Waals surface area contributed by atoms with Crippen LogP contribution in [-0.2, 0) is 14.8 Å². The molecule has 3 aromatic rings. The number of anilines is 1. The lowest BCUT2D eigenvalue weighted by molar-refractivity contribution is -0.120. The SMILES string of the molecule is COc1ccc(C(CC(C)C)NC(=O)CN(c2ccc(OC)c(Cl)c2)S(=O)(=O)c2ccccc2)cc1. The first-order chi connectivity index (χ1) is 17.1. The molecule has 9 heteroatoms. The van der Waals surface area contributed by atoms with Crippen LogP contribution in [0.2, 0.25) is 5.02 Å². The van der Waals surface area contributed by atoms with Crippen LogP contribution >= 0.6 is 11.6 Å². The zero-order valence-electron chi connectivity index (χ0n) is 20.8. The molecule has 3 rings (SSSR count). The number of rotatable bonds is 11. The molecule has 0 aliphatic rings. The van der Waals surface area contributed by atoms with Crippen molar-refractivity contribution >= 4 is 33.2 Å². The molecule has 0 aliphatic heterocycles. The van der Waals surface area contributed by atoms with Crippen molar-refractivity contribution in [1.82, 2.24) is 5.32 Å². The van der Waals surface area contributed by atoms with Crippen molar-refractivity contribution in [3.05, 3.63) is 83.4 Å². The van der Waals surface area contributed by atoms with Crippen LogP contribution in [0.1, 0.15) is 31.9 Å². The van der Waals surface area contributed by atoms with Crippen LogP contribution < -0.4 is 19.1 Å². The first kappa shape index (κ1) is 27.4. The molecule has 3 aromatic carbocycles. The Bertz CT molecular complexity index is 1270. The third-order valence-electron chi connectivity index (χ3n) is 5.60. The lowest BCUT2D eigenvalue weighted by Crippen LogP contribution is -2.42. The van der Waals surface area contributed by atoms with Gasteiger partial charge in [0.25, 0.3) is 10.0 Å². The predicted molar refractivity (Wildman–Crippen MR) is 142 cm³/mol. The summed E-state index contributed by atoms with van der Waals surface area (Å²) in [7, 11) is -0.996. The second-order valence-corrected chi connectivity index (χ2v) is 10.9. The van der Waals surface area contributed by atoms with Crippen LogP contribution in [0, 0.1) is 5.92 Å². The Morgan fingerprint density at radius 1 is 0.972 bits per heavy atom. The van der Waals surface area contributed by atoms with Gasteiger partial charge in [0.1, 0.15) is 18.0 Å². The summed E-state index contributed by atoms with van der Waals surface area (Å²) in [6.45, 7) is 3.70. The summed E-state index contributed by atoms with van der Waals surface area (Å²) in [5.74, 6) is 0.966. The largest absolute Gasteiger partial charge is 0.497 e. The number of benzene rings is 3. The zero-order valence-corrected chi connectivity index (χ0v) is 22.3. The summed E-state index contributed by atoms with van der Waals surface area (Å²) in [6.07, 6.45) is 0.678. The second-order valence-electron chi connectivity index (χ2n) is 8.67. The quantitative estimate of drug-likeness (QED) is 0.356. The van der Waals surface area contributed by atoms with Crippen LogP contribution in [-0.4, -0.2) is 35.1 Å². The number of halogens is 1. The highest BCUT2D eigenvalue weighted by Gasteiger charge is 2.29. The average molecular weight is 531 g/mol. The van der Waals surface area contributed by atoms with Crippen LogP contribution in [0.3, 0.4) is 0 Å². The van der Waals surface area contributed by atoms with E-state index in [0.717, 1.165) is 9.87 Å². The smallest absolute Gasteiger partial charge is 0.264 e. The number of nitrogens with zero attached hydrogens (tertiary/aromatic N) is 1. The van der Waals surface area contributed by atoms with Gasteiger partial charge < -0.3 is 14.8 Å². The molecule has 0 saturated carbocycles. The number of hydrogen-bond acceptors (Lipinski definition) is 5. The van der Waals surface area contributed by atoms with Gasteiger partial charge in [0.15, 0.2) is 0 Å². The van der Waals surface area contributed by atoms with Crippen molar-refractivity contribution in [2.24, 2.45) is 5.92 Å². The molecule has 1 amide bonds. The van der Waals surface area contributed by atoms with Crippen molar-refractivity contribution in [1.29, 1.82) is 0 Å². The van der Waals surface area contributed by atoms with Crippen LogP contribution in [0.25, 0.3) is 0 Å². The molecule has 0 aliphatic carbocycles. The topological polar surface area (TPSA) is 84.9 Å². The van der Waals surface area contributed by atoms with Gasteiger partial charge in [-0.2, -0.15) is 0 Å². The Hall–Kier alpha value is -3.23. The van der Waals surface area contributed by atoms with Crippen molar-refractivity contribution in [3.8, 4) is 11.5 Å². The van der Waals surface area contributed by atoms with Gasteiger partial charge in [-0.05, 0) is 60.4 Å². The number of carbonyl (C=O) groups excluding carboxylic acids is 1. The number of sulfonamides is 1. The predicted octanol–water partition coefficient (Wildman–Crippen LogP) is 5.46. The van der Waals surface area contributed by atoms with E-state index in [4.69, 9.17) is 21.1 Å². The van der Waals surface area contributed by atoms with Gasteiger partial charge in [0.2, 0.25) is 5.91 Å². The molecule has 7 nitrogen and oxygen atoms in total. The highest BCUT2D eigenvalue weighted by Crippen LogP contribution is 2.32. The highest BCUT2D eigenvalue weighted by atomic mass is 35.5. The number of nitrogens with one attached hydrogen (secondary N) is 1. The molecule has 36 heavy (non-hydrogen) atoms. The van der Waals surface area contributed by atoms with E-state index in [9.17, 15) is 13.2 Å². The molecule has 1 N–H and O–H groups in total. The van der Waals surface area contributed by atoms with Gasteiger partial charge in [-0.1, -0.05) is 55.8 Å². The molecule has 1 unspecified atom stereocenters. The van der Waals surface area contributed by atoms with Gasteiger partial charge in [-0.3, -0.25) is 9.10 Å². The third-order valence-corrected chi connectivity index (χ3v) is 7.69. The van der Waals surface area contributed by atoms with E-state index in [1.807, 2.05) is 24.3 Å². The monoisotopic (exact) mass is 530 g/mol. The van der Waals surface area contributed by atoms with E-state index >= 15 is 0 Å². The fraction of sp³-hybridized carbons (Fsp3) is 0.296. The summed E-state index contributed by atoms with van der Waals surface area (Å²) in [5.41, 5.74) is 1.16. The minimum atomic E-state index is -4.06. The molecular weight excluding hydrogens is 500 g/mol. The van der Waals surface area contributed by atoms with E-state index < -0.39 is 22.5 Å². The summed E-state index contributed by atoms with van der Waals surface area (Å²) in [5, 5.41) is 3.26. The minimum Gasteiger partial charge on any atom is -0.497 e. The molecule has 0 fully saturated rings. The van der Waals surface area contributed by atoms with Gasteiger partial charge in [-0.15, -0.1) is 0 Å². The molecule has 1 atom stereocenters. The van der Waals surface area contributed by atoms with Crippen molar-refractivity contribution in [2.75, 3.05) is 25.1 Å². The molecule has 0 aromatic heterocycles. The summed E-state index contributed by atoms with van der Waals surface area (Å²) < 4.78 is 38.7. The molecule has 192 valence electrons. The van der Waals surface area contributed by atoms with E-state index in [1.54, 1.807) is 37.4 Å². The Morgan fingerprint density at radius 3 is 2.19 bits per heavy atom. The zero-order chi connectivity index (χ0) is 26.3. The Morgan fingerprint density at radius 2 is 1.64 bits per heavy atom. The average Bonchev–Trinajstić information content (AvgIpc) is 2.87. The fourth-order valence-corrected chi connectivity index (χ4v) is 5.49. The maximum Gasteiger partial charge on any atom is 0.264 e. The Kier molecular flexibility index (Phi) is 9.23. The molecular formula is C27H31ClN2O5S. The second kappa shape index (κ2) is 12.1. The molecule has 0 spiro atoms. The number of ether oxygens (including phenoxy) is 2. The molecule has 0 saturated heterocycles. The van der Waals surface area contributed by atoms with Crippen molar-refractivity contribution < 1.29 is 22.7 Å². The normalized spacial score (nSPS) is 12.2. The number of hydrogen-bond donors (Lipinski definition) is 1. The van der Waals surface area contributed by atoms with E-state index in [-0.39, 0.29) is 21.6 Å². The highest BCUT2D eigenvalue weighted by molar-refractivity contribution is 7.92. The third kappa shape index (κ3) is 6.71. The fourth-order valence-electron chi connectivity index (χ4n) is 3.80.